The van der Waals surface area contributed by atoms with Crippen molar-refractivity contribution in [3.8, 4) is 0 Å². The zero-order chi connectivity index (χ0) is 17.3. The number of amides is 1. The van der Waals surface area contributed by atoms with Gasteiger partial charge in [0.1, 0.15) is 5.60 Å². The summed E-state index contributed by atoms with van der Waals surface area (Å²) in [7, 11) is 1.17. The van der Waals surface area contributed by atoms with Crippen molar-refractivity contribution in [3.05, 3.63) is 12.2 Å². The number of rotatable bonds is 5. The fraction of sp³-hybridized carbons (Fsp3) is 0.750. The molecular weight excluding hydrogens is 322 g/mol. The number of carbonyl (C=O) groups is 2. The van der Waals surface area contributed by atoms with Crippen molar-refractivity contribution >= 4 is 23.5 Å². The van der Waals surface area contributed by atoms with Gasteiger partial charge in [0, 0.05) is 11.8 Å². The number of esters is 1. The Labute approximate surface area is 140 Å². The second kappa shape index (κ2) is 6.79. The number of hydrogen-bond acceptors (Lipinski definition) is 5. The number of nitrogens with one attached hydrogen (secondary N) is 1. The highest BCUT2D eigenvalue weighted by atomic mass is 35.5. The molecule has 1 heterocycles. The van der Waals surface area contributed by atoms with Crippen LogP contribution in [0.1, 0.15) is 32.6 Å². The molecule has 130 valence electrons. The number of allylic oxidation sites excluding steroid dienone is 1. The number of alkyl halides is 1. The van der Waals surface area contributed by atoms with Gasteiger partial charge in [-0.3, -0.25) is 4.79 Å². The van der Waals surface area contributed by atoms with Crippen LogP contribution in [0, 0.1) is 11.8 Å². The molecule has 5 unspecified atom stereocenters. The zero-order valence-electron chi connectivity index (χ0n) is 13.4. The van der Waals surface area contributed by atoms with E-state index in [1.54, 1.807) is 0 Å². The van der Waals surface area contributed by atoms with Crippen LogP contribution in [-0.4, -0.2) is 52.3 Å². The molecule has 0 aromatic carbocycles. The topological polar surface area (TPSA) is 95.9 Å². The highest BCUT2D eigenvalue weighted by molar-refractivity contribution is 6.18. The summed E-state index contributed by atoms with van der Waals surface area (Å²) in [4.78, 5) is 24.9. The van der Waals surface area contributed by atoms with Gasteiger partial charge in [0.2, 0.25) is 5.91 Å². The van der Waals surface area contributed by atoms with Gasteiger partial charge in [-0.2, -0.15) is 0 Å². The van der Waals surface area contributed by atoms with Gasteiger partial charge in [0.25, 0.3) is 0 Å². The molecule has 0 aromatic heterocycles. The smallest absolute Gasteiger partial charge is 0.337 e. The van der Waals surface area contributed by atoms with Crippen LogP contribution >= 0.6 is 11.6 Å². The number of carbonyl (C=O) groups excluding carboxylic acids is 2. The minimum Gasteiger partial charge on any atom is -0.467 e. The second-order valence-electron chi connectivity index (χ2n) is 6.43. The molecule has 1 saturated heterocycles. The average Bonchev–Trinajstić information content (AvgIpc) is 2.75. The molecule has 1 amide bonds. The molecule has 5 atom stereocenters. The maximum absolute atomic E-state index is 12.5. The van der Waals surface area contributed by atoms with Crippen LogP contribution in [0.2, 0.25) is 0 Å². The number of aliphatic hydroxyl groups is 2. The Morgan fingerprint density at radius 2 is 2.30 bits per heavy atom. The summed E-state index contributed by atoms with van der Waals surface area (Å²) < 4.78 is 4.83. The summed E-state index contributed by atoms with van der Waals surface area (Å²) in [5.41, 5.74) is -3.71. The van der Waals surface area contributed by atoms with Crippen molar-refractivity contribution in [1.82, 2.24) is 5.32 Å². The van der Waals surface area contributed by atoms with Gasteiger partial charge in [-0.25, -0.2) is 4.79 Å². The van der Waals surface area contributed by atoms with Gasteiger partial charge in [-0.15, -0.1) is 11.6 Å². The molecule has 0 saturated carbocycles. The largest absolute Gasteiger partial charge is 0.467 e. The number of hydrogen-bond donors (Lipinski definition) is 3. The molecule has 0 radical (unpaired) electrons. The SMILES string of the molecule is COC(=O)C1(C(O)C2C=CCCC2)NC(=O)C(CCCl)C1(C)O. The lowest BCUT2D eigenvalue weighted by molar-refractivity contribution is -0.173. The minimum absolute atomic E-state index is 0.158. The molecule has 0 bridgehead atoms. The van der Waals surface area contributed by atoms with Crippen LogP contribution < -0.4 is 5.32 Å². The van der Waals surface area contributed by atoms with Crippen LogP contribution in [0.4, 0.5) is 0 Å². The predicted octanol–water partition coefficient (Wildman–Crippen LogP) is 0.741. The fourth-order valence-electron chi connectivity index (χ4n) is 3.79. The van der Waals surface area contributed by atoms with Crippen molar-refractivity contribution in [2.75, 3.05) is 13.0 Å². The molecule has 7 heteroatoms. The third kappa shape index (κ3) is 2.77. The molecule has 2 aliphatic rings. The second-order valence-corrected chi connectivity index (χ2v) is 6.81. The van der Waals surface area contributed by atoms with Crippen molar-refractivity contribution < 1.29 is 24.5 Å². The van der Waals surface area contributed by atoms with E-state index in [4.69, 9.17) is 16.3 Å². The van der Waals surface area contributed by atoms with E-state index in [1.807, 2.05) is 12.2 Å². The minimum atomic E-state index is -1.90. The van der Waals surface area contributed by atoms with E-state index in [9.17, 15) is 19.8 Å². The van der Waals surface area contributed by atoms with E-state index in [0.717, 1.165) is 12.8 Å². The summed E-state index contributed by atoms with van der Waals surface area (Å²) in [5.74, 6) is -2.42. The molecule has 2 rings (SSSR count). The summed E-state index contributed by atoms with van der Waals surface area (Å²) in [6.45, 7) is 1.38. The summed E-state index contributed by atoms with van der Waals surface area (Å²) in [5, 5.41) is 24.5. The van der Waals surface area contributed by atoms with Crippen molar-refractivity contribution in [2.45, 2.75) is 49.9 Å². The Morgan fingerprint density at radius 1 is 1.61 bits per heavy atom. The van der Waals surface area contributed by atoms with E-state index in [-0.39, 0.29) is 18.2 Å². The molecule has 1 aliphatic heterocycles. The van der Waals surface area contributed by atoms with Crippen LogP contribution in [0.15, 0.2) is 12.2 Å². The normalized spacial score (nSPS) is 38.2. The van der Waals surface area contributed by atoms with Crippen molar-refractivity contribution in [3.63, 3.8) is 0 Å². The number of aliphatic hydroxyl groups excluding tert-OH is 1. The first kappa shape index (κ1) is 18.2. The van der Waals surface area contributed by atoms with Gasteiger partial charge < -0.3 is 20.3 Å². The van der Waals surface area contributed by atoms with Crippen molar-refractivity contribution in [2.24, 2.45) is 11.8 Å². The fourth-order valence-corrected chi connectivity index (χ4v) is 4.01. The number of halogens is 1. The number of ether oxygens (including phenoxy) is 1. The highest BCUT2D eigenvalue weighted by Gasteiger charge is 2.69. The van der Waals surface area contributed by atoms with E-state index in [2.05, 4.69) is 5.32 Å². The maximum Gasteiger partial charge on any atom is 0.337 e. The third-order valence-electron chi connectivity index (χ3n) is 5.16. The van der Waals surface area contributed by atoms with Crippen LogP contribution in [0.3, 0.4) is 0 Å². The Bertz CT molecular complexity index is 507. The maximum atomic E-state index is 12.5. The predicted molar refractivity (Wildman–Crippen MR) is 84.8 cm³/mol. The molecule has 0 spiro atoms. The van der Waals surface area contributed by atoms with Gasteiger partial charge in [0.05, 0.1) is 19.1 Å². The third-order valence-corrected chi connectivity index (χ3v) is 5.38. The van der Waals surface area contributed by atoms with E-state index < -0.39 is 35.0 Å². The first-order valence-electron chi connectivity index (χ1n) is 7.86. The molecule has 1 aliphatic carbocycles. The molecule has 6 nitrogen and oxygen atoms in total. The Balaban J connectivity index is 2.47. The van der Waals surface area contributed by atoms with Gasteiger partial charge in [-0.1, -0.05) is 12.2 Å². The van der Waals surface area contributed by atoms with Crippen LogP contribution in [0.5, 0.6) is 0 Å². The molecular formula is C16H24ClNO5. The van der Waals surface area contributed by atoms with E-state index in [0.29, 0.717) is 6.42 Å². The lowest BCUT2D eigenvalue weighted by Crippen LogP contribution is -2.70. The Hall–Kier alpha value is -1.11. The highest BCUT2D eigenvalue weighted by Crippen LogP contribution is 2.44. The molecule has 1 fully saturated rings. The van der Waals surface area contributed by atoms with Gasteiger partial charge in [-0.05, 0) is 32.6 Å². The Kier molecular flexibility index (Phi) is 5.38. The first-order valence-corrected chi connectivity index (χ1v) is 8.39. The van der Waals surface area contributed by atoms with Crippen LogP contribution in [0.25, 0.3) is 0 Å². The molecule has 23 heavy (non-hydrogen) atoms. The van der Waals surface area contributed by atoms with Gasteiger partial charge in [0.15, 0.2) is 5.54 Å². The average molecular weight is 346 g/mol. The van der Waals surface area contributed by atoms with Crippen molar-refractivity contribution in [1.29, 1.82) is 0 Å². The lowest BCUT2D eigenvalue weighted by Gasteiger charge is -2.44. The standard InChI is InChI=1S/C16H24ClNO5/c1-15(22)11(8-9-17)13(20)18-16(15,14(21)23-2)12(19)10-6-4-3-5-7-10/h4,6,10-12,19,22H,3,5,7-9H2,1-2H3,(H,18,20). The Morgan fingerprint density at radius 3 is 2.83 bits per heavy atom. The zero-order valence-corrected chi connectivity index (χ0v) is 14.2. The van der Waals surface area contributed by atoms with Crippen LogP contribution in [-0.2, 0) is 14.3 Å². The molecule has 3 N–H and O–H groups in total. The van der Waals surface area contributed by atoms with Gasteiger partial charge >= 0.3 is 5.97 Å². The summed E-state index contributed by atoms with van der Waals surface area (Å²) in [6.07, 6.45) is 5.13. The quantitative estimate of drug-likeness (QED) is 0.388. The first-order chi connectivity index (χ1) is 10.8. The summed E-state index contributed by atoms with van der Waals surface area (Å²) in [6, 6.07) is 0. The summed E-state index contributed by atoms with van der Waals surface area (Å²) >= 11 is 5.73. The van der Waals surface area contributed by atoms with E-state index >= 15 is 0 Å². The monoisotopic (exact) mass is 345 g/mol. The molecule has 0 aromatic rings. The number of methoxy groups -OCH3 is 1. The van der Waals surface area contributed by atoms with E-state index in [1.165, 1.54) is 14.0 Å². The lowest BCUT2D eigenvalue weighted by atomic mass is 9.68.